The van der Waals surface area contributed by atoms with Crippen molar-refractivity contribution in [3.8, 4) is 11.4 Å². The van der Waals surface area contributed by atoms with Crippen LogP contribution in [0.15, 0.2) is 82.6 Å². The van der Waals surface area contributed by atoms with Gasteiger partial charge in [-0.05, 0) is 42.0 Å². The number of hydrogen-bond donors (Lipinski definition) is 1. The van der Waals surface area contributed by atoms with Gasteiger partial charge in [0.15, 0.2) is 5.82 Å². The van der Waals surface area contributed by atoms with Crippen molar-refractivity contribution in [3.63, 3.8) is 0 Å². The monoisotopic (exact) mass is 438 g/mol. The summed E-state index contributed by atoms with van der Waals surface area (Å²) in [6, 6.07) is 20.9. The van der Waals surface area contributed by atoms with Gasteiger partial charge in [-0.1, -0.05) is 53.7 Å². The van der Waals surface area contributed by atoms with Gasteiger partial charge < -0.3 is 9.32 Å². The SMILES string of the molecule is O=C(CSc1n[nH]c(-c2ccc(Cl)cc2)n1)N(Cc1ccccc1)Cc1ccco1. The molecular weight excluding hydrogens is 420 g/mol. The van der Waals surface area contributed by atoms with Crippen LogP contribution in [0.5, 0.6) is 0 Å². The normalized spacial score (nSPS) is 10.8. The van der Waals surface area contributed by atoms with Gasteiger partial charge in [-0.2, -0.15) is 0 Å². The molecule has 0 fully saturated rings. The second-order valence-electron chi connectivity index (χ2n) is 6.58. The molecule has 2 aromatic heterocycles. The molecule has 152 valence electrons. The molecule has 4 aromatic rings. The molecule has 1 amide bonds. The Hall–Kier alpha value is -3.03. The van der Waals surface area contributed by atoms with Gasteiger partial charge in [-0.3, -0.25) is 9.89 Å². The Morgan fingerprint density at radius 3 is 2.57 bits per heavy atom. The van der Waals surface area contributed by atoms with E-state index in [0.717, 1.165) is 16.9 Å². The maximum absolute atomic E-state index is 12.9. The summed E-state index contributed by atoms with van der Waals surface area (Å²) in [6.45, 7) is 0.913. The van der Waals surface area contributed by atoms with E-state index in [1.165, 1.54) is 11.8 Å². The van der Waals surface area contributed by atoms with Crippen LogP contribution in [0.4, 0.5) is 0 Å². The molecular formula is C22H19ClN4O2S. The van der Waals surface area contributed by atoms with Crippen LogP contribution >= 0.6 is 23.4 Å². The van der Waals surface area contributed by atoms with E-state index in [2.05, 4.69) is 15.2 Å². The summed E-state index contributed by atoms with van der Waals surface area (Å²) in [7, 11) is 0. The number of carbonyl (C=O) groups is 1. The van der Waals surface area contributed by atoms with Crippen LogP contribution < -0.4 is 0 Å². The number of nitrogens with zero attached hydrogens (tertiary/aromatic N) is 3. The van der Waals surface area contributed by atoms with Crippen molar-refractivity contribution in [2.75, 3.05) is 5.75 Å². The number of thioether (sulfide) groups is 1. The molecule has 0 saturated heterocycles. The van der Waals surface area contributed by atoms with E-state index in [-0.39, 0.29) is 11.7 Å². The van der Waals surface area contributed by atoms with E-state index in [4.69, 9.17) is 16.0 Å². The van der Waals surface area contributed by atoms with Gasteiger partial charge in [0.2, 0.25) is 11.1 Å². The topological polar surface area (TPSA) is 75.0 Å². The zero-order valence-corrected chi connectivity index (χ0v) is 17.6. The lowest BCUT2D eigenvalue weighted by molar-refractivity contribution is -0.129. The Morgan fingerprint density at radius 2 is 1.83 bits per heavy atom. The quantitative estimate of drug-likeness (QED) is 0.390. The molecule has 30 heavy (non-hydrogen) atoms. The number of aromatic nitrogens is 3. The predicted molar refractivity (Wildman–Crippen MR) is 117 cm³/mol. The summed E-state index contributed by atoms with van der Waals surface area (Å²) in [5.41, 5.74) is 1.94. The third kappa shape index (κ3) is 5.31. The minimum absolute atomic E-state index is 0.0157. The molecule has 0 unspecified atom stereocenters. The van der Waals surface area contributed by atoms with E-state index in [1.807, 2.05) is 54.6 Å². The number of H-pyrrole nitrogens is 1. The summed E-state index contributed by atoms with van der Waals surface area (Å²) in [5.74, 6) is 1.59. The first-order valence-electron chi connectivity index (χ1n) is 9.32. The van der Waals surface area contributed by atoms with E-state index < -0.39 is 0 Å². The summed E-state index contributed by atoms with van der Waals surface area (Å²) >= 11 is 7.23. The number of nitrogens with one attached hydrogen (secondary N) is 1. The van der Waals surface area contributed by atoms with Crippen molar-refractivity contribution in [3.05, 3.63) is 89.3 Å². The summed E-state index contributed by atoms with van der Waals surface area (Å²) in [5, 5.41) is 8.30. The van der Waals surface area contributed by atoms with Crippen molar-refractivity contribution in [2.45, 2.75) is 18.2 Å². The zero-order valence-electron chi connectivity index (χ0n) is 16.0. The summed E-state index contributed by atoms with van der Waals surface area (Å²) in [4.78, 5) is 19.2. The Labute approximate surface area is 183 Å². The Kier molecular flexibility index (Phi) is 6.51. The van der Waals surface area contributed by atoms with Gasteiger partial charge >= 0.3 is 0 Å². The highest BCUT2D eigenvalue weighted by atomic mass is 35.5. The highest BCUT2D eigenvalue weighted by molar-refractivity contribution is 7.99. The Morgan fingerprint density at radius 1 is 1.03 bits per heavy atom. The molecule has 0 saturated carbocycles. The lowest BCUT2D eigenvalue weighted by Gasteiger charge is -2.21. The smallest absolute Gasteiger partial charge is 0.233 e. The molecule has 8 heteroatoms. The number of benzene rings is 2. The highest BCUT2D eigenvalue weighted by Crippen LogP contribution is 2.22. The molecule has 6 nitrogen and oxygen atoms in total. The maximum Gasteiger partial charge on any atom is 0.233 e. The van der Waals surface area contributed by atoms with Crippen LogP contribution in [0.25, 0.3) is 11.4 Å². The number of hydrogen-bond acceptors (Lipinski definition) is 5. The molecule has 0 aliphatic carbocycles. The molecule has 2 heterocycles. The van der Waals surface area contributed by atoms with Gasteiger partial charge in [0, 0.05) is 17.1 Å². The first-order chi connectivity index (χ1) is 14.7. The number of amides is 1. The summed E-state index contributed by atoms with van der Waals surface area (Å²) < 4.78 is 5.44. The van der Waals surface area contributed by atoms with Gasteiger partial charge in [-0.25, -0.2) is 4.98 Å². The van der Waals surface area contributed by atoms with Crippen LogP contribution in [0.2, 0.25) is 5.02 Å². The molecule has 0 radical (unpaired) electrons. The number of carbonyl (C=O) groups excluding carboxylic acids is 1. The second kappa shape index (κ2) is 9.65. The van der Waals surface area contributed by atoms with Crippen LogP contribution in [0.3, 0.4) is 0 Å². The first-order valence-corrected chi connectivity index (χ1v) is 10.7. The Balaban J connectivity index is 1.41. The van der Waals surface area contributed by atoms with Crippen molar-refractivity contribution in [2.24, 2.45) is 0 Å². The zero-order chi connectivity index (χ0) is 20.8. The van der Waals surface area contributed by atoms with Gasteiger partial charge in [0.05, 0.1) is 18.6 Å². The van der Waals surface area contributed by atoms with E-state index >= 15 is 0 Å². The van der Waals surface area contributed by atoms with E-state index in [1.54, 1.807) is 23.3 Å². The fourth-order valence-electron chi connectivity index (χ4n) is 2.89. The molecule has 0 aliphatic rings. The lowest BCUT2D eigenvalue weighted by Crippen LogP contribution is -2.31. The molecule has 1 N–H and O–H groups in total. The van der Waals surface area contributed by atoms with Crippen LogP contribution in [-0.2, 0) is 17.9 Å². The van der Waals surface area contributed by atoms with Crippen LogP contribution in [-0.4, -0.2) is 31.7 Å². The molecule has 0 atom stereocenters. The van der Waals surface area contributed by atoms with Crippen molar-refractivity contribution >= 4 is 29.3 Å². The number of aromatic amines is 1. The van der Waals surface area contributed by atoms with Crippen LogP contribution in [0.1, 0.15) is 11.3 Å². The van der Waals surface area contributed by atoms with Crippen LogP contribution in [0, 0.1) is 0 Å². The highest BCUT2D eigenvalue weighted by Gasteiger charge is 2.17. The fraction of sp³-hybridized carbons (Fsp3) is 0.136. The molecule has 0 aliphatic heterocycles. The minimum Gasteiger partial charge on any atom is -0.467 e. The standard InChI is InChI=1S/C22H19ClN4O2S/c23-18-10-8-17(9-11-18)21-24-22(26-25-21)30-15-20(28)27(14-19-7-4-12-29-19)13-16-5-2-1-3-6-16/h1-12H,13-15H2,(H,24,25,26). The van der Waals surface area contributed by atoms with Crippen molar-refractivity contribution in [1.82, 2.24) is 20.1 Å². The van der Waals surface area contributed by atoms with Crippen molar-refractivity contribution < 1.29 is 9.21 Å². The second-order valence-corrected chi connectivity index (χ2v) is 7.96. The third-order valence-electron chi connectivity index (χ3n) is 4.40. The predicted octanol–water partition coefficient (Wildman–Crippen LogP) is 5.04. The minimum atomic E-state index is -0.0157. The third-order valence-corrected chi connectivity index (χ3v) is 5.49. The fourth-order valence-corrected chi connectivity index (χ4v) is 3.72. The summed E-state index contributed by atoms with van der Waals surface area (Å²) in [6.07, 6.45) is 1.61. The molecule has 0 bridgehead atoms. The molecule has 4 rings (SSSR count). The van der Waals surface area contributed by atoms with Gasteiger partial charge in [0.1, 0.15) is 5.76 Å². The number of halogens is 1. The maximum atomic E-state index is 12.9. The van der Waals surface area contributed by atoms with E-state index in [0.29, 0.717) is 29.1 Å². The van der Waals surface area contributed by atoms with Gasteiger partial charge in [-0.15, -0.1) is 5.10 Å². The largest absolute Gasteiger partial charge is 0.467 e. The van der Waals surface area contributed by atoms with Gasteiger partial charge in [0.25, 0.3) is 0 Å². The number of furan rings is 1. The molecule has 0 spiro atoms. The van der Waals surface area contributed by atoms with E-state index in [9.17, 15) is 4.79 Å². The lowest BCUT2D eigenvalue weighted by atomic mass is 10.2. The van der Waals surface area contributed by atoms with Crippen molar-refractivity contribution in [1.29, 1.82) is 0 Å². The average molecular weight is 439 g/mol. The average Bonchev–Trinajstić information content (AvgIpc) is 3.45. The number of rotatable bonds is 8. The molecule has 2 aromatic carbocycles. The Bertz CT molecular complexity index is 1080. The first kappa shape index (κ1) is 20.3.